The first-order valence-corrected chi connectivity index (χ1v) is 10.5. The van der Waals surface area contributed by atoms with E-state index >= 15 is 0 Å². The third-order valence-corrected chi connectivity index (χ3v) is 6.36. The monoisotopic (exact) mass is 366 g/mol. The molecule has 2 amide bonds. The SMILES string of the molecule is CCCCCCOC1CCC(c2nnc(N3CCN(C)C3=O)s2)CC1. The lowest BCUT2D eigenvalue weighted by atomic mass is 9.88. The summed E-state index contributed by atoms with van der Waals surface area (Å²) < 4.78 is 6.04. The summed E-state index contributed by atoms with van der Waals surface area (Å²) in [4.78, 5) is 15.5. The number of likely N-dealkylation sites (N-methyl/N-ethyl adjacent to an activating group) is 1. The van der Waals surface area contributed by atoms with Gasteiger partial charge in [-0.15, -0.1) is 10.2 Å². The lowest BCUT2D eigenvalue weighted by Gasteiger charge is -2.27. The predicted molar refractivity (Wildman–Crippen MR) is 100 cm³/mol. The van der Waals surface area contributed by atoms with Gasteiger partial charge in [0.05, 0.1) is 6.10 Å². The Morgan fingerprint density at radius 3 is 2.60 bits per heavy atom. The van der Waals surface area contributed by atoms with Crippen LogP contribution in [0.4, 0.5) is 9.93 Å². The van der Waals surface area contributed by atoms with Gasteiger partial charge >= 0.3 is 6.03 Å². The molecule has 3 rings (SSSR count). The molecule has 0 N–H and O–H groups in total. The predicted octanol–water partition coefficient (Wildman–Crippen LogP) is 4.03. The standard InChI is InChI=1S/C18H30N4O2S/c1-3-4-5-6-13-24-15-9-7-14(8-10-15)16-19-20-17(25-16)22-12-11-21(2)18(22)23/h14-15H,3-13H2,1-2H3. The van der Waals surface area contributed by atoms with Crippen molar-refractivity contribution in [2.75, 3.05) is 31.6 Å². The minimum Gasteiger partial charge on any atom is -0.378 e. The highest BCUT2D eigenvalue weighted by Gasteiger charge is 2.31. The summed E-state index contributed by atoms with van der Waals surface area (Å²) >= 11 is 1.59. The second-order valence-corrected chi connectivity index (χ2v) is 8.17. The molecule has 1 saturated carbocycles. The molecule has 0 spiro atoms. The van der Waals surface area contributed by atoms with Crippen molar-refractivity contribution >= 4 is 22.5 Å². The number of unbranched alkanes of at least 4 members (excludes halogenated alkanes) is 3. The minimum atomic E-state index is 0.0304. The van der Waals surface area contributed by atoms with Crippen molar-refractivity contribution in [1.29, 1.82) is 0 Å². The second kappa shape index (κ2) is 8.94. The molecule has 0 unspecified atom stereocenters. The summed E-state index contributed by atoms with van der Waals surface area (Å²) in [6, 6.07) is 0.0304. The Labute approximate surface area is 154 Å². The first-order valence-electron chi connectivity index (χ1n) is 9.66. The third kappa shape index (κ3) is 4.70. The van der Waals surface area contributed by atoms with E-state index in [9.17, 15) is 4.79 Å². The summed E-state index contributed by atoms with van der Waals surface area (Å²) in [5.41, 5.74) is 0. The quantitative estimate of drug-likeness (QED) is 0.652. The largest absolute Gasteiger partial charge is 0.378 e. The summed E-state index contributed by atoms with van der Waals surface area (Å²) in [5, 5.41) is 10.5. The van der Waals surface area contributed by atoms with Crippen molar-refractivity contribution in [2.24, 2.45) is 0 Å². The van der Waals surface area contributed by atoms with Crippen LogP contribution in [0.15, 0.2) is 0 Å². The molecule has 6 nitrogen and oxygen atoms in total. The number of amides is 2. The molecule has 1 saturated heterocycles. The van der Waals surface area contributed by atoms with Crippen LogP contribution in [0.1, 0.15) is 69.2 Å². The molecule has 2 aliphatic rings. The van der Waals surface area contributed by atoms with E-state index in [1.165, 1.54) is 25.7 Å². The number of hydrogen-bond donors (Lipinski definition) is 0. The van der Waals surface area contributed by atoms with Crippen molar-refractivity contribution in [1.82, 2.24) is 15.1 Å². The number of carbonyl (C=O) groups excluding carboxylic acids is 1. The third-order valence-electron chi connectivity index (χ3n) is 5.25. The van der Waals surface area contributed by atoms with Crippen LogP contribution in [0.3, 0.4) is 0 Å². The zero-order valence-electron chi connectivity index (χ0n) is 15.4. The molecular weight excluding hydrogens is 336 g/mol. The van der Waals surface area contributed by atoms with Gasteiger partial charge in [0.2, 0.25) is 5.13 Å². The molecule has 25 heavy (non-hydrogen) atoms. The van der Waals surface area contributed by atoms with Crippen LogP contribution in [-0.4, -0.2) is 54.0 Å². The topological polar surface area (TPSA) is 58.6 Å². The summed E-state index contributed by atoms with van der Waals surface area (Å²) in [5.74, 6) is 0.474. The summed E-state index contributed by atoms with van der Waals surface area (Å²) in [6.07, 6.45) is 9.91. The molecule has 1 aromatic rings. The van der Waals surface area contributed by atoms with E-state index in [1.54, 1.807) is 21.1 Å². The number of rotatable bonds is 8. The summed E-state index contributed by atoms with van der Waals surface area (Å²) in [6.45, 7) is 4.61. The van der Waals surface area contributed by atoms with Gasteiger partial charge in [0.25, 0.3) is 0 Å². The highest BCUT2D eigenvalue weighted by molar-refractivity contribution is 7.15. The molecule has 0 bridgehead atoms. The number of aromatic nitrogens is 2. The number of urea groups is 1. The van der Waals surface area contributed by atoms with Gasteiger partial charge < -0.3 is 9.64 Å². The van der Waals surface area contributed by atoms with Crippen molar-refractivity contribution in [3.8, 4) is 0 Å². The van der Waals surface area contributed by atoms with Gasteiger partial charge in [0.15, 0.2) is 0 Å². The number of nitrogens with zero attached hydrogens (tertiary/aromatic N) is 4. The molecule has 2 fully saturated rings. The normalized spacial score (nSPS) is 24.3. The zero-order chi connectivity index (χ0) is 17.6. The van der Waals surface area contributed by atoms with E-state index < -0.39 is 0 Å². The second-order valence-electron chi connectivity index (χ2n) is 7.18. The Morgan fingerprint density at radius 2 is 1.92 bits per heavy atom. The molecular formula is C18H30N4O2S. The maximum atomic E-state index is 12.1. The highest BCUT2D eigenvalue weighted by atomic mass is 32.1. The van der Waals surface area contributed by atoms with E-state index in [0.29, 0.717) is 18.6 Å². The molecule has 1 aromatic heterocycles. The van der Waals surface area contributed by atoms with E-state index in [1.807, 2.05) is 7.05 Å². The van der Waals surface area contributed by atoms with Gasteiger partial charge in [-0.3, -0.25) is 4.90 Å². The van der Waals surface area contributed by atoms with Crippen LogP contribution in [-0.2, 0) is 4.74 Å². The van der Waals surface area contributed by atoms with Gasteiger partial charge in [-0.25, -0.2) is 4.79 Å². The smallest absolute Gasteiger partial charge is 0.326 e. The fraction of sp³-hybridized carbons (Fsp3) is 0.833. The van der Waals surface area contributed by atoms with Crippen LogP contribution in [0, 0.1) is 0 Å². The fourth-order valence-corrected chi connectivity index (χ4v) is 4.61. The van der Waals surface area contributed by atoms with E-state index in [0.717, 1.165) is 49.0 Å². The first-order chi connectivity index (χ1) is 12.2. The van der Waals surface area contributed by atoms with E-state index in [4.69, 9.17) is 4.74 Å². The minimum absolute atomic E-state index is 0.0304. The molecule has 0 radical (unpaired) electrons. The van der Waals surface area contributed by atoms with Gasteiger partial charge in [0, 0.05) is 32.7 Å². The number of anilines is 1. The maximum Gasteiger partial charge on any atom is 0.326 e. The van der Waals surface area contributed by atoms with Crippen LogP contribution in [0.2, 0.25) is 0 Å². The van der Waals surface area contributed by atoms with Crippen molar-refractivity contribution in [3.63, 3.8) is 0 Å². The first kappa shape index (κ1) is 18.6. The van der Waals surface area contributed by atoms with Crippen molar-refractivity contribution in [2.45, 2.75) is 70.3 Å². The van der Waals surface area contributed by atoms with Crippen LogP contribution in [0.25, 0.3) is 0 Å². The number of hydrogen-bond acceptors (Lipinski definition) is 5. The lowest BCUT2D eigenvalue weighted by molar-refractivity contribution is 0.0226. The Hall–Kier alpha value is -1.21. The molecule has 2 heterocycles. The molecule has 140 valence electrons. The van der Waals surface area contributed by atoms with Crippen molar-refractivity contribution in [3.05, 3.63) is 5.01 Å². The fourth-order valence-electron chi connectivity index (χ4n) is 3.58. The number of ether oxygens (including phenoxy) is 1. The Kier molecular flexibility index (Phi) is 6.64. The van der Waals surface area contributed by atoms with Crippen molar-refractivity contribution < 1.29 is 9.53 Å². The average Bonchev–Trinajstić information content (AvgIpc) is 3.23. The molecule has 1 aliphatic carbocycles. The van der Waals surface area contributed by atoms with E-state index in [2.05, 4.69) is 17.1 Å². The van der Waals surface area contributed by atoms with Gasteiger partial charge in [0.1, 0.15) is 5.01 Å². The van der Waals surface area contributed by atoms with Crippen LogP contribution < -0.4 is 4.90 Å². The molecule has 0 atom stereocenters. The van der Waals surface area contributed by atoms with Gasteiger partial charge in [-0.05, 0) is 32.1 Å². The van der Waals surface area contributed by atoms with Gasteiger partial charge in [-0.1, -0.05) is 37.5 Å². The summed E-state index contributed by atoms with van der Waals surface area (Å²) in [7, 11) is 1.83. The Morgan fingerprint density at radius 1 is 1.12 bits per heavy atom. The Balaban J connectivity index is 1.43. The maximum absolute atomic E-state index is 12.1. The average molecular weight is 367 g/mol. The molecule has 1 aliphatic heterocycles. The highest BCUT2D eigenvalue weighted by Crippen LogP contribution is 2.37. The zero-order valence-corrected chi connectivity index (χ0v) is 16.3. The van der Waals surface area contributed by atoms with Crippen LogP contribution in [0.5, 0.6) is 0 Å². The molecule has 0 aromatic carbocycles. The molecule has 7 heteroatoms. The van der Waals surface area contributed by atoms with E-state index in [-0.39, 0.29) is 6.03 Å². The van der Waals surface area contributed by atoms with Crippen LogP contribution >= 0.6 is 11.3 Å². The van der Waals surface area contributed by atoms with Gasteiger partial charge in [-0.2, -0.15) is 0 Å². The number of carbonyl (C=O) groups is 1. The Bertz CT molecular complexity index is 557. The lowest BCUT2D eigenvalue weighted by Crippen LogP contribution is -2.29.